The van der Waals surface area contributed by atoms with Crippen molar-refractivity contribution in [1.29, 1.82) is 0 Å². The van der Waals surface area contributed by atoms with Crippen molar-refractivity contribution >= 4 is 52.2 Å². The van der Waals surface area contributed by atoms with E-state index in [2.05, 4.69) is 15.0 Å². The minimum absolute atomic E-state index is 0.162. The summed E-state index contributed by atoms with van der Waals surface area (Å²) in [4.78, 5) is 27.0. The Kier molecular flexibility index (Phi) is 13.9. The Morgan fingerprint density at radius 2 is 1.43 bits per heavy atom. The van der Waals surface area contributed by atoms with E-state index in [1.807, 2.05) is 0 Å². The van der Waals surface area contributed by atoms with E-state index >= 15 is 0 Å². The first kappa shape index (κ1) is 31.6. The number of aliphatic carboxylic acids is 2. The number of carbonyl (C=O) groups is 2. The average Bonchev–Trinajstić information content (AvgIpc) is 2.77. The van der Waals surface area contributed by atoms with Gasteiger partial charge < -0.3 is 31.5 Å². The van der Waals surface area contributed by atoms with E-state index in [1.54, 1.807) is 0 Å². The Labute approximate surface area is 211 Å². The van der Waals surface area contributed by atoms with E-state index in [0.29, 0.717) is 11.4 Å². The van der Waals surface area contributed by atoms with E-state index in [9.17, 15) is 19.1 Å². The zero-order valence-corrected chi connectivity index (χ0v) is 20.0. The van der Waals surface area contributed by atoms with Crippen molar-refractivity contribution < 1.29 is 34.4 Å². The Hall–Kier alpha value is -3.45. The SMILES string of the molecule is C[C@@H](O)[C@@H](N)C(=O)O.[C-]#[N+]c1ccc(F)cc1Cl.[C-]#[N+]c1ccc(NC(C(=O)O)[C@@H](C)O)cc1Cl. The number of benzene rings is 2. The third-order valence-corrected chi connectivity index (χ3v) is 4.58. The van der Waals surface area contributed by atoms with E-state index in [0.717, 1.165) is 6.07 Å². The van der Waals surface area contributed by atoms with Crippen molar-refractivity contribution in [2.45, 2.75) is 38.1 Å². The maximum Gasteiger partial charge on any atom is 0.328 e. The average molecular weight is 529 g/mol. The molecule has 0 aliphatic rings. The Balaban J connectivity index is 0.000000545. The minimum Gasteiger partial charge on any atom is -0.480 e. The number of nitrogens with one attached hydrogen (secondary N) is 1. The lowest BCUT2D eigenvalue weighted by molar-refractivity contribution is -0.141. The molecule has 0 radical (unpaired) electrons. The number of carboxylic acid groups (broad SMARTS) is 2. The third-order valence-electron chi connectivity index (χ3n) is 3.97. The maximum absolute atomic E-state index is 12.3. The van der Waals surface area contributed by atoms with Crippen LogP contribution in [0.1, 0.15) is 13.8 Å². The molecule has 1 unspecified atom stereocenters. The van der Waals surface area contributed by atoms with Crippen LogP contribution in [0, 0.1) is 19.0 Å². The van der Waals surface area contributed by atoms with Crippen LogP contribution in [0.4, 0.5) is 21.5 Å². The molecule has 0 aliphatic heterocycles. The van der Waals surface area contributed by atoms with Crippen LogP contribution in [0.2, 0.25) is 10.0 Å². The van der Waals surface area contributed by atoms with Gasteiger partial charge in [-0.3, -0.25) is 4.79 Å². The topological polar surface area (TPSA) is 162 Å². The molecular formula is C22H23Cl2FN4O6. The van der Waals surface area contributed by atoms with Crippen LogP contribution in [0.3, 0.4) is 0 Å². The fraction of sp³-hybridized carbons (Fsp3) is 0.273. The van der Waals surface area contributed by atoms with Crippen molar-refractivity contribution in [3.8, 4) is 0 Å². The molecule has 0 fully saturated rings. The summed E-state index contributed by atoms with van der Waals surface area (Å²) < 4.78 is 12.3. The first-order valence-corrected chi connectivity index (χ1v) is 10.3. The summed E-state index contributed by atoms with van der Waals surface area (Å²) in [5.41, 5.74) is 5.92. The monoisotopic (exact) mass is 528 g/mol. The molecule has 2 rings (SSSR count). The van der Waals surface area contributed by atoms with Crippen LogP contribution in [-0.4, -0.2) is 56.7 Å². The van der Waals surface area contributed by atoms with Crippen molar-refractivity contribution in [2.75, 3.05) is 5.32 Å². The Bertz CT molecular complexity index is 1100. The lowest BCUT2D eigenvalue weighted by Crippen LogP contribution is -2.39. The van der Waals surface area contributed by atoms with Crippen LogP contribution in [0.25, 0.3) is 9.69 Å². The highest BCUT2D eigenvalue weighted by atomic mass is 35.5. The summed E-state index contributed by atoms with van der Waals surface area (Å²) in [5.74, 6) is -2.76. The third kappa shape index (κ3) is 11.5. The lowest BCUT2D eigenvalue weighted by atomic mass is 10.1. The molecule has 2 aromatic carbocycles. The number of aliphatic hydroxyl groups excluding tert-OH is 2. The molecule has 0 saturated heterocycles. The molecular weight excluding hydrogens is 506 g/mol. The summed E-state index contributed by atoms with van der Waals surface area (Å²) >= 11 is 11.3. The van der Waals surface area contributed by atoms with Gasteiger partial charge in [0.2, 0.25) is 11.4 Å². The lowest BCUT2D eigenvalue weighted by Gasteiger charge is -2.18. The van der Waals surface area contributed by atoms with Gasteiger partial charge in [-0.15, -0.1) is 0 Å². The molecule has 4 atom stereocenters. The molecule has 13 heteroatoms. The summed E-state index contributed by atoms with van der Waals surface area (Å²) in [6.07, 6.45) is -2.03. The molecule has 0 spiro atoms. The Morgan fingerprint density at radius 3 is 1.74 bits per heavy atom. The number of carboxylic acids is 2. The molecule has 0 amide bonds. The molecule has 0 heterocycles. The van der Waals surface area contributed by atoms with Gasteiger partial charge in [-0.2, -0.15) is 0 Å². The molecule has 0 aromatic heterocycles. The zero-order chi connectivity index (χ0) is 27.3. The minimum atomic E-state index is -1.18. The van der Waals surface area contributed by atoms with Gasteiger partial charge in [0, 0.05) is 15.7 Å². The van der Waals surface area contributed by atoms with Crippen molar-refractivity contribution in [1.82, 2.24) is 0 Å². The standard InChI is InChI=1S/C11H11ClN2O3.C7H3ClFN.C4H9NO3/c1-6(15)10(11(16)17)14-7-3-4-9(13-2)8(12)5-7;1-10-7-3-2-5(9)4-6(7)8;1-2(6)3(5)4(7)8/h3-6,10,14-15H,1H3,(H,16,17);2-4H;2-3,6H,5H2,1H3,(H,7,8)/t6-,10?;;2-,3-/m1.1/s1. The van der Waals surface area contributed by atoms with Crippen molar-refractivity contribution in [3.05, 3.63) is 75.1 Å². The quantitative estimate of drug-likeness (QED) is 0.307. The number of rotatable bonds is 6. The first-order chi connectivity index (χ1) is 16.2. The number of hydrogen-bond acceptors (Lipinski definition) is 6. The van der Waals surface area contributed by atoms with Crippen LogP contribution < -0.4 is 11.1 Å². The highest BCUT2D eigenvalue weighted by Crippen LogP contribution is 2.28. The van der Waals surface area contributed by atoms with E-state index < -0.39 is 42.0 Å². The van der Waals surface area contributed by atoms with Gasteiger partial charge >= 0.3 is 11.9 Å². The van der Waals surface area contributed by atoms with Gasteiger partial charge in [-0.1, -0.05) is 35.3 Å². The van der Waals surface area contributed by atoms with Crippen LogP contribution >= 0.6 is 23.2 Å². The summed E-state index contributed by atoms with van der Waals surface area (Å²) in [5, 5.41) is 37.7. The summed E-state index contributed by atoms with van der Waals surface area (Å²) in [6, 6.07) is 5.88. The maximum atomic E-state index is 12.3. The van der Waals surface area contributed by atoms with Gasteiger partial charge in [0.1, 0.15) is 11.9 Å². The largest absolute Gasteiger partial charge is 0.480 e. The molecule has 2 aromatic rings. The normalized spacial score (nSPS) is 13.1. The second-order valence-electron chi connectivity index (χ2n) is 6.79. The fourth-order valence-corrected chi connectivity index (χ4v) is 2.47. The number of nitrogens with two attached hydrogens (primary N) is 1. The van der Waals surface area contributed by atoms with Crippen LogP contribution in [0.15, 0.2) is 36.4 Å². The molecule has 0 bridgehead atoms. The van der Waals surface area contributed by atoms with E-state index in [1.165, 1.54) is 44.2 Å². The smallest absolute Gasteiger partial charge is 0.328 e. The second kappa shape index (κ2) is 15.5. The number of halogens is 3. The molecule has 7 N–H and O–H groups in total. The highest BCUT2D eigenvalue weighted by molar-refractivity contribution is 6.33. The fourth-order valence-electron chi connectivity index (χ4n) is 2.03. The molecule has 0 aliphatic carbocycles. The zero-order valence-electron chi connectivity index (χ0n) is 18.5. The molecule has 35 heavy (non-hydrogen) atoms. The second-order valence-corrected chi connectivity index (χ2v) is 7.61. The summed E-state index contributed by atoms with van der Waals surface area (Å²) in [6.45, 7) is 16.1. The van der Waals surface area contributed by atoms with Crippen molar-refractivity contribution in [2.24, 2.45) is 5.73 Å². The van der Waals surface area contributed by atoms with Crippen LogP contribution in [0.5, 0.6) is 0 Å². The molecule has 188 valence electrons. The van der Waals surface area contributed by atoms with Crippen LogP contribution in [-0.2, 0) is 9.59 Å². The van der Waals surface area contributed by atoms with E-state index in [-0.39, 0.29) is 15.7 Å². The predicted octanol–water partition coefficient (Wildman–Crippen LogP) is 3.95. The predicted molar refractivity (Wildman–Crippen MR) is 129 cm³/mol. The highest BCUT2D eigenvalue weighted by Gasteiger charge is 2.22. The van der Waals surface area contributed by atoms with Gasteiger partial charge in [0.05, 0.1) is 25.4 Å². The number of hydrogen-bond donors (Lipinski definition) is 6. The van der Waals surface area contributed by atoms with Crippen molar-refractivity contribution in [3.63, 3.8) is 0 Å². The van der Waals surface area contributed by atoms with Gasteiger partial charge in [0.25, 0.3) is 0 Å². The number of aliphatic hydroxyl groups is 2. The number of anilines is 1. The van der Waals surface area contributed by atoms with Gasteiger partial charge in [0.15, 0.2) is 6.04 Å². The summed E-state index contributed by atoms with van der Waals surface area (Å²) in [7, 11) is 0. The molecule has 0 saturated carbocycles. The first-order valence-electron chi connectivity index (χ1n) is 9.58. The molecule has 10 nitrogen and oxygen atoms in total. The van der Waals surface area contributed by atoms with E-state index in [4.69, 9.17) is 57.4 Å². The van der Waals surface area contributed by atoms with Gasteiger partial charge in [-0.25, -0.2) is 18.9 Å². The van der Waals surface area contributed by atoms with Gasteiger partial charge in [-0.05, 0) is 38.1 Å². The number of nitrogens with zero attached hydrogens (tertiary/aromatic N) is 2. The Morgan fingerprint density at radius 1 is 0.943 bits per heavy atom.